The predicted molar refractivity (Wildman–Crippen MR) is 93.9 cm³/mol. The van der Waals surface area contributed by atoms with E-state index in [0.29, 0.717) is 24.3 Å². The van der Waals surface area contributed by atoms with Crippen molar-refractivity contribution in [3.8, 4) is 0 Å². The summed E-state index contributed by atoms with van der Waals surface area (Å²) in [6.07, 6.45) is 4.01. The van der Waals surface area contributed by atoms with Gasteiger partial charge in [0.05, 0.1) is 6.20 Å². The van der Waals surface area contributed by atoms with E-state index in [0.717, 1.165) is 5.56 Å². The summed E-state index contributed by atoms with van der Waals surface area (Å²) in [5, 5.41) is 12.4. The van der Waals surface area contributed by atoms with Crippen LogP contribution < -0.4 is 16.0 Å². The van der Waals surface area contributed by atoms with Crippen LogP contribution in [0.5, 0.6) is 0 Å². The van der Waals surface area contributed by atoms with Crippen LogP contribution in [0.15, 0.2) is 36.7 Å². The summed E-state index contributed by atoms with van der Waals surface area (Å²) in [6, 6.07) is 6.80. The van der Waals surface area contributed by atoms with E-state index >= 15 is 0 Å². The highest BCUT2D eigenvalue weighted by Gasteiger charge is 2.06. The Morgan fingerprint density at radius 2 is 1.75 bits per heavy atom. The van der Waals surface area contributed by atoms with Crippen LogP contribution in [0.4, 0.5) is 16.2 Å². The molecule has 3 N–H and O–H groups in total. The number of aryl methyl sites for hydroxylation is 2. The number of carbonyl (C=O) groups is 2. The maximum absolute atomic E-state index is 11.9. The number of aromatic nitrogens is 2. The molecule has 0 saturated carbocycles. The van der Waals surface area contributed by atoms with Crippen LogP contribution in [0.1, 0.15) is 25.8 Å². The Morgan fingerprint density at radius 1 is 1.12 bits per heavy atom. The number of hydrogen-bond donors (Lipinski definition) is 3. The molecule has 7 nitrogen and oxygen atoms in total. The Labute approximate surface area is 141 Å². The molecular formula is C17H23N5O2. The molecule has 0 spiro atoms. The molecule has 2 aromatic rings. The molecule has 0 aliphatic rings. The van der Waals surface area contributed by atoms with E-state index in [1.807, 2.05) is 27.0 Å². The number of hydrogen-bond acceptors (Lipinski definition) is 3. The molecule has 1 aromatic heterocycles. The van der Waals surface area contributed by atoms with Crippen LogP contribution in [0, 0.1) is 6.92 Å². The van der Waals surface area contributed by atoms with Crippen LogP contribution >= 0.6 is 0 Å². The standard InChI is InChI=1S/C17H23N5O2/c1-12(2)19-17(24)21-15-6-4-14(5-7-15)20-16(23)8-9-22-11-13(3)10-18-22/h4-7,10-12H,8-9H2,1-3H3,(H,20,23)(H2,19,21,24). The van der Waals surface area contributed by atoms with Gasteiger partial charge in [0.15, 0.2) is 0 Å². The zero-order valence-corrected chi connectivity index (χ0v) is 14.2. The highest BCUT2D eigenvalue weighted by atomic mass is 16.2. The molecule has 0 fully saturated rings. The van der Waals surface area contributed by atoms with Crippen molar-refractivity contribution in [2.75, 3.05) is 10.6 Å². The molecule has 0 atom stereocenters. The minimum atomic E-state index is -0.253. The lowest BCUT2D eigenvalue weighted by Gasteiger charge is -2.11. The van der Waals surface area contributed by atoms with Crippen molar-refractivity contribution < 1.29 is 9.59 Å². The van der Waals surface area contributed by atoms with Gasteiger partial charge in [-0.1, -0.05) is 0 Å². The van der Waals surface area contributed by atoms with Gasteiger partial charge >= 0.3 is 6.03 Å². The molecular weight excluding hydrogens is 306 g/mol. The third-order valence-electron chi connectivity index (χ3n) is 3.18. The minimum Gasteiger partial charge on any atom is -0.336 e. The van der Waals surface area contributed by atoms with Crippen molar-refractivity contribution in [2.45, 2.75) is 39.8 Å². The Morgan fingerprint density at radius 3 is 2.29 bits per heavy atom. The maximum Gasteiger partial charge on any atom is 0.319 e. The topological polar surface area (TPSA) is 88.1 Å². The van der Waals surface area contributed by atoms with Crippen LogP contribution in [0.3, 0.4) is 0 Å². The van der Waals surface area contributed by atoms with Crippen molar-refractivity contribution in [3.63, 3.8) is 0 Å². The van der Waals surface area contributed by atoms with E-state index in [-0.39, 0.29) is 18.0 Å². The van der Waals surface area contributed by atoms with Gasteiger partial charge in [-0.15, -0.1) is 0 Å². The largest absolute Gasteiger partial charge is 0.336 e. The summed E-state index contributed by atoms with van der Waals surface area (Å²) in [5.74, 6) is -0.0820. The van der Waals surface area contributed by atoms with E-state index in [1.165, 1.54) is 0 Å². The number of amides is 3. The minimum absolute atomic E-state index is 0.0714. The number of benzene rings is 1. The first-order chi connectivity index (χ1) is 11.4. The second-order valence-corrected chi connectivity index (χ2v) is 5.91. The molecule has 7 heteroatoms. The molecule has 3 amide bonds. The lowest BCUT2D eigenvalue weighted by molar-refractivity contribution is -0.116. The SMILES string of the molecule is Cc1cnn(CCC(=O)Nc2ccc(NC(=O)NC(C)C)cc2)c1. The smallest absolute Gasteiger partial charge is 0.319 e. The van der Waals surface area contributed by atoms with Gasteiger partial charge in [0.25, 0.3) is 0 Å². The maximum atomic E-state index is 11.9. The third-order valence-corrected chi connectivity index (χ3v) is 3.18. The molecule has 0 bridgehead atoms. The average molecular weight is 329 g/mol. The van der Waals surface area contributed by atoms with Gasteiger partial charge in [-0.3, -0.25) is 9.48 Å². The van der Waals surface area contributed by atoms with E-state index in [1.54, 1.807) is 35.1 Å². The molecule has 128 valence electrons. The van der Waals surface area contributed by atoms with Crippen molar-refractivity contribution in [1.29, 1.82) is 0 Å². The summed E-state index contributed by atoms with van der Waals surface area (Å²) in [4.78, 5) is 23.6. The van der Waals surface area contributed by atoms with Gasteiger partial charge in [0.1, 0.15) is 0 Å². The lowest BCUT2D eigenvalue weighted by atomic mass is 10.2. The van der Waals surface area contributed by atoms with Gasteiger partial charge < -0.3 is 16.0 Å². The van der Waals surface area contributed by atoms with Gasteiger partial charge in [0.2, 0.25) is 5.91 Å². The molecule has 1 heterocycles. The number of rotatable bonds is 6. The number of nitrogens with zero attached hydrogens (tertiary/aromatic N) is 2. The van der Waals surface area contributed by atoms with Crippen LogP contribution in [0.2, 0.25) is 0 Å². The first-order valence-corrected chi connectivity index (χ1v) is 7.89. The predicted octanol–water partition coefficient (Wildman–Crippen LogP) is 2.75. The highest BCUT2D eigenvalue weighted by molar-refractivity contribution is 5.92. The molecule has 0 unspecified atom stereocenters. The number of anilines is 2. The quantitative estimate of drug-likeness (QED) is 0.761. The van der Waals surface area contributed by atoms with Gasteiger partial charge in [-0.2, -0.15) is 5.10 Å². The van der Waals surface area contributed by atoms with Crippen molar-refractivity contribution in [1.82, 2.24) is 15.1 Å². The van der Waals surface area contributed by atoms with Gasteiger partial charge in [-0.25, -0.2) is 4.79 Å². The summed E-state index contributed by atoms with van der Waals surface area (Å²) in [5.41, 5.74) is 2.42. The number of carbonyl (C=O) groups excluding carboxylic acids is 2. The molecule has 1 aromatic carbocycles. The van der Waals surface area contributed by atoms with E-state index in [9.17, 15) is 9.59 Å². The number of urea groups is 1. The molecule has 0 aliphatic carbocycles. The Bertz CT molecular complexity index is 691. The Kier molecular flexibility index (Phi) is 5.95. The number of nitrogens with one attached hydrogen (secondary N) is 3. The van der Waals surface area contributed by atoms with E-state index in [2.05, 4.69) is 21.0 Å². The molecule has 0 aliphatic heterocycles. The monoisotopic (exact) mass is 329 g/mol. The summed E-state index contributed by atoms with van der Waals surface area (Å²) < 4.78 is 1.75. The van der Waals surface area contributed by atoms with E-state index in [4.69, 9.17) is 0 Å². The molecule has 0 radical (unpaired) electrons. The van der Waals surface area contributed by atoms with Crippen LogP contribution in [-0.2, 0) is 11.3 Å². The highest BCUT2D eigenvalue weighted by Crippen LogP contribution is 2.14. The molecule has 24 heavy (non-hydrogen) atoms. The van der Waals surface area contributed by atoms with Crippen LogP contribution in [-0.4, -0.2) is 27.8 Å². The van der Waals surface area contributed by atoms with Gasteiger partial charge in [0, 0.05) is 36.6 Å². The van der Waals surface area contributed by atoms with Crippen molar-refractivity contribution in [3.05, 3.63) is 42.2 Å². The first-order valence-electron chi connectivity index (χ1n) is 7.89. The fourth-order valence-electron chi connectivity index (χ4n) is 2.10. The van der Waals surface area contributed by atoms with E-state index < -0.39 is 0 Å². The average Bonchev–Trinajstić information content (AvgIpc) is 2.92. The fourth-order valence-corrected chi connectivity index (χ4v) is 2.10. The summed E-state index contributed by atoms with van der Waals surface area (Å²) >= 11 is 0. The van der Waals surface area contributed by atoms with Crippen molar-refractivity contribution in [2.24, 2.45) is 0 Å². The zero-order chi connectivity index (χ0) is 17.5. The normalized spacial score (nSPS) is 10.5. The fraction of sp³-hybridized carbons (Fsp3) is 0.353. The summed E-state index contributed by atoms with van der Waals surface area (Å²) in [7, 11) is 0. The molecule has 0 saturated heterocycles. The van der Waals surface area contributed by atoms with Gasteiger partial charge in [-0.05, 0) is 50.6 Å². The third kappa shape index (κ3) is 5.75. The zero-order valence-electron chi connectivity index (χ0n) is 14.2. The Balaban J connectivity index is 1.80. The Hall–Kier alpha value is -2.83. The second-order valence-electron chi connectivity index (χ2n) is 5.91. The summed E-state index contributed by atoms with van der Waals surface area (Å²) in [6.45, 7) is 6.28. The van der Waals surface area contributed by atoms with Crippen LogP contribution in [0.25, 0.3) is 0 Å². The molecule has 2 rings (SSSR count). The lowest BCUT2D eigenvalue weighted by Crippen LogP contribution is -2.34. The first kappa shape index (κ1) is 17.5. The second kappa shape index (κ2) is 8.14. The van der Waals surface area contributed by atoms with Crippen molar-refractivity contribution >= 4 is 23.3 Å².